The van der Waals surface area contributed by atoms with Gasteiger partial charge in [-0.05, 0) is 133 Å². The third kappa shape index (κ3) is 38.7. The van der Waals surface area contributed by atoms with Crippen LogP contribution in [-0.4, -0.2) is 248 Å². The molecule has 2 rings (SSSR count). The van der Waals surface area contributed by atoms with Crippen LogP contribution >= 0.6 is 0 Å². The number of hydrogen-bond donors (Lipinski definition) is 23. The van der Waals surface area contributed by atoms with Crippen LogP contribution in [0, 0.1) is 23.7 Å². The number of carbonyl (C=O) groups excluding carboxylic acids is 14. The van der Waals surface area contributed by atoms with Crippen molar-refractivity contribution in [2.24, 2.45) is 51.6 Å². The van der Waals surface area contributed by atoms with Crippen LogP contribution < -0.4 is 97.4 Å². The third-order valence-corrected chi connectivity index (χ3v) is 18.2. The van der Waals surface area contributed by atoms with Gasteiger partial charge in [-0.25, -0.2) is 9.78 Å². The average Bonchev–Trinajstić information content (AvgIpc) is 1.19. The Kier molecular flexibility index (Phi) is 45.9. The highest BCUT2D eigenvalue weighted by Gasteiger charge is 2.40. The lowest BCUT2D eigenvalue weighted by molar-refractivity contribution is -0.144. The first-order valence-corrected chi connectivity index (χ1v) is 38.6. The third-order valence-electron chi connectivity index (χ3n) is 18.2. The molecule has 1 aromatic heterocycles. The molecule has 2 heterocycles. The number of hydrogen-bond acceptors (Lipinski definition) is 22. The van der Waals surface area contributed by atoms with Crippen LogP contribution in [0.25, 0.3) is 0 Å². The quantitative estimate of drug-likeness (QED) is 0.0165. The molecule has 0 aromatic carbocycles. The van der Waals surface area contributed by atoms with E-state index in [0.29, 0.717) is 25.0 Å². The molecule has 0 saturated carbocycles. The number of aliphatic imine (C=N–C) groups is 1. The van der Waals surface area contributed by atoms with Gasteiger partial charge in [0, 0.05) is 51.2 Å². The molecule has 0 bridgehead atoms. The van der Waals surface area contributed by atoms with Gasteiger partial charge in [0.25, 0.3) is 0 Å². The van der Waals surface area contributed by atoms with Crippen LogP contribution in [0.1, 0.15) is 190 Å². The van der Waals surface area contributed by atoms with Gasteiger partial charge in [-0.3, -0.25) is 81.7 Å². The van der Waals surface area contributed by atoms with Crippen molar-refractivity contribution in [3.05, 3.63) is 18.2 Å². The number of rotatable bonds is 46. The number of H-pyrrole nitrogens is 1. The SMILES string of the molecule is CC[C@H](C)[C@H](NC(=O)[C@H](CCCCN)NC(=O)[C@H](Cc1cnc[nH]1)NC(=O)[C@H](CCCCN)NC(=O)[C@H](CCC(=O)O)NC(C)=O)C(=O)N[C@@H](CC(C)C)C(=O)N[C@H]1CCC(=O)NCCC[C@@H](C(=O)N[C@@H](CC(=O)O)C(=O)N[C@@H](CO)C(=O)O)NC(=O)[C@H](CC(C)C)NC(=O)[C@H](CC(C)C)NC(=O)[C@H](CCCN=C(N)N)NC1=O. The summed E-state index contributed by atoms with van der Waals surface area (Å²) in [6, 6.07) is -20.3. The minimum atomic E-state index is -1.98. The Balaban J connectivity index is 2.78. The second-order valence-electron chi connectivity index (χ2n) is 29.6. The Morgan fingerprint density at radius 3 is 1.59 bits per heavy atom. The van der Waals surface area contributed by atoms with E-state index in [4.69, 9.17) is 22.9 Å². The number of nitrogens with zero attached hydrogens (tertiary/aromatic N) is 2. The fourth-order valence-electron chi connectivity index (χ4n) is 12.0. The number of nitrogens with two attached hydrogens (primary N) is 4. The minimum absolute atomic E-state index is 0.0188. The molecule has 42 heteroatoms. The second-order valence-corrected chi connectivity index (χ2v) is 29.6. The van der Waals surface area contributed by atoms with E-state index in [9.17, 15) is 102 Å². The number of aliphatic hydroxyl groups is 1. The number of aliphatic hydroxyl groups excluding tert-OH is 1. The maximum absolute atomic E-state index is 15.0. The Bertz CT molecular complexity index is 3390. The van der Waals surface area contributed by atoms with Crippen molar-refractivity contribution in [3.63, 3.8) is 0 Å². The predicted octanol–water partition coefficient (Wildman–Crippen LogP) is -5.12. The molecule has 0 aliphatic carbocycles. The molecular formula is C72H123N21O21. The highest BCUT2D eigenvalue weighted by Crippen LogP contribution is 2.17. The van der Waals surface area contributed by atoms with E-state index in [2.05, 4.69) is 84.1 Å². The standard InChI is InChI=1S/C72H123N21O21/c1-10-40(8)58(93-64(106)44(18-12-14-26-74)84-68(110)52(32-42-34-77-36-80-42)89-59(101)43(17-11-13-25-73)82-62(104)47(81-41(9)95)22-24-56(97)98)70(112)91-51(31-39(6)7)66(108)86-48-21-23-55(96)78-27-15-19-46(61(103)90-53(33-57(99)100)69(111)92-54(35-94)71(113)114)85-65(107)49(29-37(2)3)88-67(109)50(30-38(4)5)87-60(102)45(83-63(48)105)20-16-28-79-72(75)76/h34,36-40,43-54,58,94H,10-33,35,73-74H2,1-9H3,(H,77,80)(H,78,96)(H,81,95)(H,82,104)(H,83,105)(H,84,110)(H,85,107)(H,86,108)(H,87,102)(H,88,109)(H,89,101)(H,90,103)(H,91,112)(H,92,111)(H,93,106)(H,97,98)(H,99,100)(H,113,114)(H4,75,76,79)/t40-,43-,44-,45-,46-,47-,48-,49-,50-,51-,52-,53-,54-,58-/m0/s1. The summed E-state index contributed by atoms with van der Waals surface area (Å²) in [6.45, 7) is 13.8. The summed E-state index contributed by atoms with van der Waals surface area (Å²) in [5, 5.41) is 73.9. The number of guanidine groups is 1. The zero-order chi connectivity index (χ0) is 85.9. The summed E-state index contributed by atoms with van der Waals surface area (Å²) in [7, 11) is 0. The molecule has 1 aliphatic heterocycles. The molecule has 14 amide bonds. The summed E-state index contributed by atoms with van der Waals surface area (Å²) in [5.74, 6) is -19.7. The summed E-state index contributed by atoms with van der Waals surface area (Å²) in [4.78, 5) is 245. The molecule has 0 unspecified atom stereocenters. The van der Waals surface area contributed by atoms with Gasteiger partial charge in [0.05, 0.1) is 19.4 Å². The highest BCUT2D eigenvalue weighted by atomic mass is 16.4. The summed E-state index contributed by atoms with van der Waals surface area (Å²) >= 11 is 0. The number of imidazole rings is 1. The summed E-state index contributed by atoms with van der Waals surface area (Å²) in [6.07, 6.45) is 0.0288. The Morgan fingerprint density at radius 1 is 0.570 bits per heavy atom. The first-order chi connectivity index (χ1) is 53.7. The number of nitrogens with one attached hydrogen (secondary N) is 15. The summed E-state index contributed by atoms with van der Waals surface area (Å²) < 4.78 is 0. The molecule has 1 aliphatic rings. The van der Waals surface area contributed by atoms with Crippen molar-refractivity contribution in [1.82, 2.24) is 84.4 Å². The van der Waals surface area contributed by atoms with Crippen LogP contribution in [-0.2, 0) is 87.9 Å². The molecule has 1 fully saturated rings. The topological polar surface area (TPSA) is 685 Å². The largest absolute Gasteiger partial charge is 0.481 e. The molecule has 1 saturated heterocycles. The van der Waals surface area contributed by atoms with Crippen LogP contribution in [0.5, 0.6) is 0 Å². The molecule has 0 radical (unpaired) electrons. The number of aromatic amines is 1. The maximum atomic E-state index is 15.0. The number of aliphatic carboxylic acids is 3. The number of amides is 14. The zero-order valence-electron chi connectivity index (χ0n) is 66.6. The van der Waals surface area contributed by atoms with E-state index in [1.54, 1.807) is 55.4 Å². The van der Waals surface area contributed by atoms with E-state index in [1.165, 1.54) is 12.5 Å². The Morgan fingerprint density at radius 2 is 1.09 bits per heavy atom. The van der Waals surface area contributed by atoms with Crippen molar-refractivity contribution in [2.45, 2.75) is 269 Å². The lowest BCUT2D eigenvalue weighted by Gasteiger charge is -2.30. The van der Waals surface area contributed by atoms with E-state index in [1.807, 2.05) is 5.32 Å². The number of unbranched alkanes of at least 4 members (excludes halogenated alkanes) is 2. The van der Waals surface area contributed by atoms with Gasteiger partial charge >= 0.3 is 17.9 Å². The molecule has 114 heavy (non-hydrogen) atoms. The fraction of sp³-hybridized carbons (Fsp3) is 0.708. The average molecular weight is 1620 g/mol. The van der Waals surface area contributed by atoms with Gasteiger partial charge in [-0.2, -0.15) is 0 Å². The summed E-state index contributed by atoms with van der Waals surface area (Å²) in [5.41, 5.74) is 23.2. The molecule has 42 nitrogen and oxygen atoms in total. The van der Waals surface area contributed by atoms with Crippen LogP contribution in [0.3, 0.4) is 0 Å². The van der Waals surface area contributed by atoms with Crippen molar-refractivity contribution in [3.8, 4) is 0 Å². The Hall–Kier alpha value is -10.6. The first-order valence-electron chi connectivity index (χ1n) is 38.6. The number of carboxylic acid groups (broad SMARTS) is 3. The number of aromatic nitrogens is 2. The lowest BCUT2D eigenvalue weighted by atomic mass is 9.95. The molecule has 0 spiro atoms. The van der Waals surface area contributed by atoms with Crippen molar-refractivity contribution in [1.29, 1.82) is 0 Å². The van der Waals surface area contributed by atoms with E-state index < -0.39 is 217 Å². The van der Waals surface area contributed by atoms with Gasteiger partial charge < -0.3 is 123 Å². The predicted molar refractivity (Wildman–Crippen MR) is 412 cm³/mol. The van der Waals surface area contributed by atoms with Crippen molar-refractivity contribution in [2.75, 3.05) is 32.8 Å². The van der Waals surface area contributed by atoms with E-state index in [0.717, 1.165) is 6.92 Å². The minimum Gasteiger partial charge on any atom is -0.481 e. The van der Waals surface area contributed by atoms with E-state index in [-0.39, 0.29) is 133 Å². The first kappa shape index (κ1) is 99.4. The van der Waals surface area contributed by atoms with Gasteiger partial charge in [0.1, 0.15) is 78.5 Å². The highest BCUT2D eigenvalue weighted by molar-refractivity contribution is 6.00. The normalized spacial score (nSPS) is 19.0. The molecule has 642 valence electrons. The van der Waals surface area contributed by atoms with Gasteiger partial charge in [0.15, 0.2) is 5.96 Å². The zero-order valence-corrected chi connectivity index (χ0v) is 66.6. The Labute approximate surface area is 662 Å². The monoisotopic (exact) mass is 1620 g/mol. The van der Waals surface area contributed by atoms with Crippen LogP contribution in [0.15, 0.2) is 17.5 Å². The number of carbonyl (C=O) groups is 17. The van der Waals surface area contributed by atoms with Crippen LogP contribution in [0.4, 0.5) is 0 Å². The van der Waals surface area contributed by atoms with Crippen LogP contribution in [0.2, 0.25) is 0 Å². The van der Waals surface area contributed by atoms with E-state index >= 15 is 0 Å². The smallest absolute Gasteiger partial charge is 0.328 e. The molecule has 27 N–H and O–H groups in total. The van der Waals surface area contributed by atoms with Gasteiger partial charge in [-0.1, -0.05) is 61.8 Å². The van der Waals surface area contributed by atoms with Gasteiger partial charge in [0.2, 0.25) is 82.7 Å². The van der Waals surface area contributed by atoms with Crippen molar-refractivity contribution < 1.29 is 102 Å². The maximum Gasteiger partial charge on any atom is 0.328 e. The second kappa shape index (κ2) is 52.6. The van der Waals surface area contributed by atoms with Gasteiger partial charge in [-0.15, -0.1) is 0 Å². The van der Waals surface area contributed by atoms with Crippen molar-refractivity contribution >= 4 is 107 Å². The molecule has 1 aromatic rings. The fourth-order valence-corrected chi connectivity index (χ4v) is 12.0. The lowest BCUT2D eigenvalue weighted by Crippen LogP contribution is -2.62. The molecule has 14 atom stereocenters. The number of carboxylic acids is 3. The molecular weight excluding hydrogens is 1490 g/mol.